The highest BCUT2D eigenvalue weighted by molar-refractivity contribution is 6.30. The summed E-state index contributed by atoms with van der Waals surface area (Å²) in [7, 11) is 0. The van der Waals surface area contributed by atoms with E-state index in [1.807, 2.05) is 6.07 Å². The fraction of sp³-hybridized carbons (Fsp3) is 0.571. The van der Waals surface area contributed by atoms with Crippen LogP contribution in [0, 0.1) is 5.82 Å². The summed E-state index contributed by atoms with van der Waals surface area (Å²) in [5.41, 5.74) is 6.83. The van der Waals surface area contributed by atoms with E-state index in [0.29, 0.717) is 0 Å². The van der Waals surface area contributed by atoms with Crippen molar-refractivity contribution >= 4 is 11.6 Å². The monoisotopic (exact) mass is 255 g/mol. The Kier molecular flexibility index (Phi) is 4.05. The molecule has 1 saturated carbocycles. The Morgan fingerprint density at radius 3 is 2.59 bits per heavy atom. The maximum absolute atomic E-state index is 13.5. The van der Waals surface area contributed by atoms with Crippen molar-refractivity contribution in [2.45, 2.75) is 43.9 Å². The van der Waals surface area contributed by atoms with E-state index in [-0.39, 0.29) is 16.3 Å². The van der Waals surface area contributed by atoms with Gasteiger partial charge < -0.3 is 5.73 Å². The number of unbranched alkanes of at least 4 members (excludes halogenated alkanes) is 1. The lowest BCUT2D eigenvalue weighted by Gasteiger charge is -2.43. The minimum atomic E-state index is -0.297. The number of halogens is 2. The Bertz CT molecular complexity index is 388. The molecule has 0 heterocycles. The molecule has 1 fully saturated rings. The van der Waals surface area contributed by atoms with Crippen LogP contribution in [0.3, 0.4) is 0 Å². The van der Waals surface area contributed by atoms with Crippen molar-refractivity contribution in [2.75, 3.05) is 6.54 Å². The van der Waals surface area contributed by atoms with E-state index in [9.17, 15) is 4.39 Å². The highest BCUT2D eigenvalue weighted by Gasteiger charge is 2.38. The van der Waals surface area contributed by atoms with Crippen molar-refractivity contribution < 1.29 is 4.39 Å². The van der Waals surface area contributed by atoms with Gasteiger partial charge in [-0.1, -0.05) is 30.5 Å². The molecular weight excluding hydrogens is 237 g/mol. The molecule has 0 spiro atoms. The normalized spacial score (nSPS) is 17.8. The zero-order valence-corrected chi connectivity index (χ0v) is 10.8. The number of hydrogen-bond donors (Lipinski definition) is 1. The van der Waals surface area contributed by atoms with E-state index in [1.165, 1.54) is 19.3 Å². The second-order valence-corrected chi connectivity index (χ2v) is 5.42. The molecule has 1 nitrogen and oxygen atoms in total. The van der Waals surface area contributed by atoms with Gasteiger partial charge in [0.05, 0.1) is 5.02 Å². The SMILES string of the molecule is NCCCCC1(c2ccc(Cl)c(F)c2)CCC1. The van der Waals surface area contributed by atoms with E-state index in [2.05, 4.69) is 0 Å². The first-order valence-electron chi connectivity index (χ1n) is 6.33. The lowest BCUT2D eigenvalue weighted by atomic mass is 9.62. The van der Waals surface area contributed by atoms with Gasteiger partial charge in [0.2, 0.25) is 0 Å². The van der Waals surface area contributed by atoms with E-state index in [1.54, 1.807) is 12.1 Å². The van der Waals surface area contributed by atoms with Crippen molar-refractivity contribution in [2.24, 2.45) is 5.73 Å². The molecule has 17 heavy (non-hydrogen) atoms. The summed E-state index contributed by atoms with van der Waals surface area (Å²) in [6, 6.07) is 5.27. The van der Waals surface area contributed by atoms with Gasteiger partial charge in [0.25, 0.3) is 0 Å². The molecule has 2 N–H and O–H groups in total. The van der Waals surface area contributed by atoms with Gasteiger partial charge in [-0.05, 0) is 55.3 Å². The van der Waals surface area contributed by atoms with Gasteiger partial charge in [-0.3, -0.25) is 0 Å². The van der Waals surface area contributed by atoms with Crippen LogP contribution in [0.5, 0.6) is 0 Å². The first-order valence-corrected chi connectivity index (χ1v) is 6.71. The van der Waals surface area contributed by atoms with Crippen molar-refractivity contribution in [3.05, 3.63) is 34.6 Å². The highest BCUT2D eigenvalue weighted by Crippen LogP contribution is 2.47. The second kappa shape index (κ2) is 5.36. The van der Waals surface area contributed by atoms with Crippen LogP contribution in [-0.2, 0) is 5.41 Å². The molecule has 1 aromatic carbocycles. The number of rotatable bonds is 5. The third kappa shape index (κ3) is 2.63. The fourth-order valence-electron chi connectivity index (χ4n) is 2.72. The number of nitrogens with two attached hydrogens (primary N) is 1. The lowest BCUT2D eigenvalue weighted by molar-refractivity contribution is 0.219. The van der Waals surface area contributed by atoms with Crippen LogP contribution in [0.25, 0.3) is 0 Å². The molecule has 0 aromatic heterocycles. The van der Waals surface area contributed by atoms with Crippen LogP contribution < -0.4 is 5.73 Å². The molecule has 0 unspecified atom stereocenters. The first-order chi connectivity index (χ1) is 8.18. The molecule has 1 aromatic rings. The molecule has 0 bridgehead atoms. The summed E-state index contributed by atoms with van der Waals surface area (Å²) < 4.78 is 13.5. The molecular formula is C14H19ClFN. The van der Waals surface area contributed by atoms with Gasteiger partial charge >= 0.3 is 0 Å². The van der Waals surface area contributed by atoms with Crippen molar-refractivity contribution in [3.8, 4) is 0 Å². The van der Waals surface area contributed by atoms with Crippen LogP contribution in [0.1, 0.15) is 44.1 Å². The zero-order chi connectivity index (χ0) is 12.3. The Labute approximate surface area is 107 Å². The van der Waals surface area contributed by atoms with Gasteiger partial charge in [0, 0.05) is 0 Å². The topological polar surface area (TPSA) is 26.0 Å². The van der Waals surface area contributed by atoms with Crippen molar-refractivity contribution in [1.29, 1.82) is 0 Å². The smallest absolute Gasteiger partial charge is 0.142 e. The Hall–Kier alpha value is -0.600. The van der Waals surface area contributed by atoms with Crippen LogP contribution in [0.2, 0.25) is 5.02 Å². The maximum atomic E-state index is 13.5. The fourth-order valence-corrected chi connectivity index (χ4v) is 2.84. The minimum Gasteiger partial charge on any atom is -0.330 e. The van der Waals surface area contributed by atoms with Gasteiger partial charge in [-0.25, -0.2) is 4.39 Å². The average Bonchev–Trinajstić information content (AvgIpc) is 2.26. The summed E-state index contributed by atoms with van der Waals surface area (Å²) in [6.07, 6.45) is 6.87. The lowest BCUT2D eigenvalue weighted by Crippen LogP contribution is -2.34. The number of hydrogen-bond acceptors (Lipinski definition) is 1. The molecule has 3 heteroatoms. The van der Waals surface area contributed by atoms with Gasteiger partial charge in [-0.15, -0.1) is 0 Å². The molecule has 94 valence electrons. The average molecular weight is 256 g/mol. The zero-order valence-electron chi connectivity index (χ0n) is 10.0. The van der Waals surface area contributed by atoms with Crippen LogP contribution in [0.4, 0.5) is 4.39 Å². The molecule has 0 aliphatic heterocycles. The summed E-state index contributed by atoms with van der Waals surface area (Å²) in [6.45, 7) is 0.741. The van der Waals surface area contributed by atoms with Gasteiger partial charge in [0.15, 0.2) is 0 Å². The maximum Gasteiger partial charge on any atom is 0.142 e. The van der Waals surface area contributed by atoms with Gasteiger partial charge in [0.1, 0.15) is 5.82 Å². The van der Waals surface area contributed by atoms with Crippen molar-refractivity contribution in [1.82, 2.24) is 0 Å². The summed E-state index contributed by atoms with van der Waals surface area (Å²) in [4.78, 5) is 0. The highest BCUT2D eigenvalue weighted by atomic mass is 35.5. The van der Waals surface area contributed by atoms with Crippen molar-refractivity contribution in [3.63, 3.8) is 0 Å². The Morgan fingerprint density at radius 2 is 2.06 bits per heavy atom. The largest absolute Gasteiger partial charge is 0.330 e. The quantitative estimate of drug-likeness (QED) is 0.790. The third-order valence-electron chi connectivity index (χ3n) is 3.95. The standard InChI is InChI=1S/C14H19ClFN/c15-12-5-4-11(10-13(12)16)14(7-3-8-14)6-1-2-9-17/h4-5,10H,1-3,6-9,17H2. The van der Waals surface area contributed by atoms with Crippen LogP contribution >= 0.6 is 11.6 Å². The molecule has 2 rings (SSSR count). The van der Waals surface area contributed by atoms with E-state index >= 15 is 0 Å². The number of benzene rings is 1. The third-order valence-corrected chi connectivity index (χ3v) is 4.26. The molecule has 1 aliphatic carbocycles. The van der Waals surface area contributed by atoms with Gasteiger partial charge in [-0.2, -0.15) is 0 Å². The molecule has 0 saturated heterocycles. The van der Waals surface area contributed by atoms with E-state index < -0.39 is 0 Å². The summed E-state index contributed by atoms with van der Waals surface area (Å²) in [5.74, 6) is -0.297. The molecule has 0 radical (unpaired) electrons. The minimum absolute atomic E-state index is 0.195. The molecule has 1 aliphatic rings. The molecule has 0 atom stereocenters. The Morgan fingerprint density at radius 1 is 1.29 bits per heavy atom. The van der Waals surface area contributed by atoms with Crippen LogP contribution in [0.15, 0.2) is 18.2 Å². The molecule has 0 amide bonds. The summed E-state index contributed by atoms with van der Waals surface area (Å²) >= 11 is 5.73. The predicted octanol–water partition coefficient (Wildman–Crippen LogP) is 4.03. The first kappa shape index (κ1) is 12.8. The Balaban J connectivity index is 2.13. The summed E-state index contributed by atoms with van der Waals surface area (Å²) in [5, 5.41) is 0.213. The van der Waals surface area contributed by atoms with E-state index in [0.717, 1.165) is 31.4 Å². The second-order valence-electron chi connectivity index (χ2n) is 5.01. The predicted molar refractivity (Wildman–Crippen MR) is 69.8 cm³/mol. The van der Waals surface area contributed by atoms with Crippen LogP contribution in [-0.4, -0.2) is 6.54 Å². The van der Waals surface area contributed by atoms with E-state index in [4.69, 9.17) is 17.3 Å².